The summed E-state index contributed by atoms with van der Waals surface area (Å²) in [7, 11) is 0. The van der Waals surface area contributed by atoms with Crippen molar-refractivity contribution in [3.05, 3.63) is 56.0 Å². The van der Waals surface area contributed by atoms with Gasteiger partial charge < -0.3 is 4.90 Å². The zero-order valence-electron chi connectivity index (χ0n) is 14.7. The minimum atomic E-state index is -0.553. The summed E-state index contributed by atoms with van der Waals surface area (Å²) >= 11 is 3.23. The summed E-state index contributed by atoms with van der Waals surface area (Å²) in [5.41, 5.74) is 2.93. The number of nitro groups is 1. The molecule has 0 saturated carbocycles. The molecule has 0 unspecified atom stereocenters. The minimum absolute atomic E-state index is 0.0900. The van der Waals surface area contributed by atoms with E-state index in [2.05, 4.69) is 44.9 Å². The van der Waals surface area contributed by atoms with Gasteiger partial charge in [-0.05, 0) is 60.5 Å². The molecule has 0 aliphatic carbocycles. The Morgan fingerprint density at radius 1 is 1.23 bits per heavy atom. The molecule has 0 N–H and O–H groups in total. The van der Waals surface area contributed by atoms with E-state index in [0.717, 1.165) is 24.3 Å². The van der Waals surface area contributed by atoms with Crippen molar-refractivity contribution >= 4 is 38.7 Å². The molecule has 0 amide bonds. The summed E-state index contributed by atoms with van der Waals surface area (Å²) < 4.78 is 0.351. The maximum atomic E-state index is 10.9. The van der Waals surface area contributed by atoms with Gasteiger partial charge in [-0.25, -0.2) is 0 Å². The predicted molar refractivity (Wildman–Crippen MR) is 104 cm³/mol. The summed E-state index contributed by atoms with van der Waals surface area (Å²) in [4.78, 5) is 12.6. The first-order valence-electron chi connectivity index (χ1n) is 8.06. The van der Waals surface area contributed by atoms with Gasteiger partial charge >= 0.3 is 0 Å². The molecule has 0 fully saturated rings. The minimum Gasteiger partial charge on any atom is -0.372 e. The quantitative estimate of drug-likeness (QED) is 0.338. The first-order valence-corrected chi connectivity index (χ1v) is 8.85. The molecule has 8 heteroatoms. The molecular weight excluding hydrogens is 398 g/mol. The predicted octanol–water partition coefficient (Wildman–Crippen LogP) is 5.80. The highest BCUT2D eigenvalue weighted by Gasteiger charge is 2.15. The molecule has 26 heavy (non-hydrogen) atoms. The van der Waals surface area contributed by atoms with Crippen LogP contribution < -0.4 is 4.90 Å². The van der Waals surface area contributed by atoms with E-state index in [4.69, 9.17) is 0 Å². The highest BCUT2D eigenvalue weighted by molar-refractivity contribution is 9.10. The number of hydrogen-bond acceptors (Lipinski definition) is 6. The Kier molecular flexibility index (Phi) is 6.41. The number of nitrogens with zero attached hydrogens (tertiary/aromatic N) is 5. The van der Waals surface area contributed by atoms with Gasteiger partial charge in [0.05, 0.1) is 20.6 Å². The monoisotopic (exact) mass is 415 g/mol. The van der Waals surface area contributed by atoms with Crippen LogP contribution in [0.3, 0.4) is 0 Å². The first kappa shape index (κ1) is 19.5. The van der Waals surface area contributed by atoms with Crippen LogP contribution in [0.25, 0.3) is 0 Å². The number of anilines is 1. The molecule has 2 aromatic rings. The topological polar surface area (TPSA) is 94.9 Å². The second-order valence-corrected chi connectivity index (χ2v) is 6.39. The molecule has 7 nitrogen and oxygen atoms in total. The molecule has 0 heterocycles. The number of hydrogen-bond donors (Lipinski definition) is 0. The second-order valence-electron chi connectivity index (χ2n) is 5.54. The largest absolute Gasteiger partial charge is 0.372 e. The highest BCUT2D eigenvalue weighted by Crippen LogP contribution is 2.35. The number of non-ortho nitro benzene ring substituents is 1. The van der Waals surface area contributed by atoms with Crippen LogP contribution in [0, 0.1) is 28.4 Å². The van der Waals surface area contributed by atoms with Crippen molar-refractivity contribution < 1.29 is 4.92 Å². The molecule has 0 bridgehead atoms. The van der Waals surface area contributed by atoms with Crippen LogP contribution in [0.4, 0.5) is 22.7 Å². The Labute approximate surface area is 160 Å². The first-order chi connectivity index (χ1) is 12.4. The van der Waals surface area contributed by atoms with Crippen molar-refractivity contribution in [1.29, 1.82) is 5.26 Å². The lowest BCUT2D eigenvalue weighted by Crippen LogP contribution is -2.21. The standard InChI is InChI=1S/C18H18BrN5O2/c1-4-23(5-2)14-6-7-17(12(3)8-14)21-22-18-13(11-20)9-15(24(25)26)10-16(18)19/h6-10H,4-5H2,1-3H3. The van der Waals surface area contributed by atoms with E-state index >= 15 is 0 Å². The maximum absolute atomic E-state index is 10.9. The average molecular weight is 416 g/mol. The molecule has 134 valence electrons. The van der Waals surface area contributed by atoms with E-state index in [1.807, 2.05) is 31.2 Å². The van der Waals surface area contributed by atoms with E-state index in [-0.39, 0.29) is 16.9 Å². The Bertz CT molecular complexity index is 901. The fourth-order valence-electron chi connectivity index (χ4n) is 2.52. The van der Waals surface area contributed by atoms with Crippen LogP contribution in [0.2, 0.25) is 0 Å². The van der Waals surface area contributed by atoms with Crippen LogP contribution in [-0.2, 0) is 0 Å². The zero-order chi connectivity index (χ0) is 19.3. The van der Waals surface area contributed by atoms with Gasteiger partial charge in [-0.3, -0.25) is 10.1 Å². The van der Waals surface area contributed by atoms with E-state index in [9.17, 15) is 15.4 Å². The van der Waals surface area contributed by atoms with Gasteiger partial charge in [-0.2, -0.15) is 10.4 Å². The Morgan fingerprint density at radius 2 is 1.92 bits per heavy atom. The van der Waals surface area contributed by atoms with Gasteiger partial charge in [0.15, 0.2) is 0 Å². The molecule has 0 atom stereocenters. The number of nitro benzene ring substituents is 1. The van der Waals surface area contributed by atoms with Crippen molar-refractivity contribution in [2.24, 2.45) is 10.2 Å². The fraction of sp³-hybridized carbons (Fsp3) is 0.278. The summed E-state index contributed by atoms with van der Waals surface area (Å²) in [6.07, 6.45) is 0. The molecule has 0 radical (unpaired) electrons. The second kappa shape index (κ2) is 8.54. The Hall–Kier alpha value is -2.79. The SMILES string of the molecule is CCN(CC)c1ccc(N=Nc2c(Br)cc([N+](=O)[O-])cc2C#N)c(C)c1. The third kappa shape index (κ3) is 4.24. The van der Waals surface area contributed by atoms with Crippen LogP contribution in [0.15, 0.2) is 45.0 Å². The number of nitriles is 1. The molecular formula is C18H18BrN5O2. The van der Waals surface area contributed by atoms with Crippen molar-refractivity contribution in [2.75, 3.05) is 18.0 Å². The van der Waals surface area contributed by atoms with Gasteiger partial charge in [0, 0.05) is 30.9 Å². The number of benzene rings is 2. The third-order valence-corrected chi connectivity index (χ3v) is 4.55. The number of rotatable bonds is 6. The van der Waals surface area contributed by atoms with Gasteiger partial charge in [-0.1, -0.05) is 0 Å². The lowest BCUT2D eigenvalue weighted by molar-refractivity contribution is -0.384. The van der Waals surface area contributed by atoms with Crippen molar-refractivity contribution in [1.82, 2.24) is 0 Å². The van der Waals surface area contributed by atoms with E-state index in [1.165, 1.54) is 12.1 Å². The number of halogens is 1. The molecule has 2 aromatic carbocycles. The van der Waals surface area contributed by atoms with Crippen LogP contribution in [0.1, 0.15) is 25.0 Å². The van der Waals surface area contributed by atoms with Crippen LogP contribution in [0.5, 0.6) is 0 Å². The zero-order valence-corrected chi connectivity index (χ0v) is 16.3. The van der Waals surface area contributed by atoms with Crippen LogP contribution in [-0.4, -0.2) is 18.0 Å². The molecule has 0 aromatic heterocycles. The highest BCUT2D eigenvalue weighted by atomic mass is 79.9. The van der Waals surface area contributed by atoms with Crippen molar-refractivity contribution in [2.45, 2.75) is 20.8 Å². The van der Waals surface area contributed by atoms with Gasteiger partial charge in [0.1, 0.15) is 11.8 Å². The van der Waals surface area contributed by atoms with E-state index < -0.39 is 4.92 Å². The lowest BCUT2D eigenvalue weighted by atomic mass is 10.1. The van der Waals surface area contributed by atoms with Gasteiger partial charge in [0.2, 0.25) is 0 Å². The summed E-state index contributed by atoms with van der Waals surface area (Å²) in [5.74, 6) is 0. The fourth-order valence-corrected chi connectivity index (χ4v) is 3.05. The summed E-state index contributed by atoms with van der Waals surface area (Å²) in [5, 5.41) is 28.5. The number of aryl methyl sites for hydroxylation is 1. The Balaban J connectivity index is 2.39. The average Bonchev–Trinajstić information content (AvgIpc) is 2.62. The molecule has 2 rings (SSSR count). The molecule has 0 saturated heterocycles. The Morgan fingerprint density at radius 3 is 2.46 bits per heavy atom. The van der Waals surface area contributed by atoms with Gasteiger partial charge in [0.25, 0.3) is 5.69 Å². The molecule has 0 aliphatic heterocycles. The smallest absolute Gasteiger partial charge is 0.272 e. The van der Waals surface area contributed by atoms with Crippen molar-refractivity contribution in [3.8, 4) is 6.07 Å². The van der Waals surface area contributed by atoms with Crippen molar-refractivity contribution in [3.63, 3.8) is 0 Å². The number of azo groups is 1. The maximum Gasteiger partial charge on any atom is 0.272 e. The molecule has 0 aliphatic rings. The molecule has 0 spiro atoms. The summed E-state index contributed by atoms with van der Waals surface area (Å²) in [6, 6.07) is 10.3. The van der Waals surface area contributed by atoms with Gasteiger partial charge in [-0.15, -0.1) is 5.11 Å². The lowest BCUT2D eigenvalue weighted by Gasteiger charge is -2.21. The van der Waals surface area contributed by atoms with E-state index in [1.54, 1.807) is 0 Å². The van der Waals surface area contributed by atoms with E-state index in [0.29, 0.717) is 10.2 Å². The normalized spacial score (nSPS) is 10.7. The van der Waals surface area contributed by atoms with Crippen LogP contribution >= 0.6 is 15.9 Å². The summed E-state index contributed by atoms with van der Waals surface area (Å²) in [6.45, 7) is 7.97. The third-order valence-electron chi connectivity index (χ3n) is 3.95.